The number of ether oxygens (including phenoxy) is 1. The average molecular weight is 428 g/mol. The van der Waals surface area contributed by atoms with Crippen molar-refractivity contribution in [1.29, 1.82) is 0 Å². The van der Waals surface area contributed by atoms with Crippen LogP contribution in [0.2, 0.25) is 0 Å². The third-order valence-electron chi connectivity index (χ3n) is 5.97. The summed E-state index contributed by atoms with van der Waals surface area (Å²) in [5.74, 6) is 0.442. The lowest BCUT2D eigenvalue weighted by atomic mass is 9.94. The first kappa shape index (κ1) is 21.3. The van der Waals surface area contributed by atoms with E-state index < -0.39 is 0 Å². The number of aromatic nitrogens is 2. The summed E-state index contributed by atoms with van der Waals surface area (Å²) in [5, 5.41) is 12.3. The molecule has 4 rings (SSSR count). The van der Waals surface area contributed by atoms with Gasteiger partial charge in [0.05, 0.1) is 18.6 Å². The molecule has 31 heavy (non-hydrogen) atoms. The Kier molecular flexibility index (Phi) is 6.50. The number of hydrogen-bond donors (Lipinski definition) is 2. The molecule has 0 atom stereocenters. The first-order valence-corrected chi connectivity index (χ1v) is 10.9. The van der Waals surface area contributed by atoms with Gasteiger partial charge in [-0.2, -0.15) is 0 Å². The third-order valence-corrected chi connectivity index (χ3v) is 5.97. The van der Waals surface area contributed by atoms with Crippen LogP contribution in [0, 0.1) is 0 Å². The maximum absolute atomic E-state index is 12.7. The molecule has 0 bridgehead atoms. The van der Waals surface area contributed by atoms with Crippen LogP contribution in [-0.4, -0.2) is 57.2 Å². The van der Waals surface area contributed by atoms with Crippen molar-refractivity contribution in [3.05, 3.63) is 28.6 Å². The molecule has 9 heteroatoms. The number of para-hydroxylation sites is 1. The molecule has 2 N–H and O–H groups in total. The van der Waals surface area contributed by atoms with Crippen molar-refractivity contribution >= 4 is 28.7 Å². The summed E-state index contributed by atoms with van der Waals surface area (Å²) in [4.78, 5) is 43.2. The van der Waals surface area contributed by atoms with Crippen LogP contribution in [0.25, 0.3) is 10.9 Å². The van der Waals surface area contributed by atoms with Gasteiger partial charge < -0.3 is 14.7 Å². The molecule has 0 radical (unpaired) electrons. The van der Waals surface area contributed by atoms with Gasteiger partial charge in [-0.25, -0.2) is 4.98 Å². The highest BCUT2D eigenvalue weighted by Crippen LogP contribution is 2.25. The lowest BCUT2D eigenvalue weighted by molar-refractivity contribution is -0.135. The number of hydrogen-bond acceptors (Lipinski definition) is 6. The lowest BCUT2D eigenvalue weighted by Gasteiger charge is -2.34. The topological polar surface area (TPSA) is 114 Å². The Hall–Kier alpha value is -2.94. The minimum Gasteiger partial charge on any atom is -0.491 e. The summed E-state index contributed by atoms with van der Waals surface area (Å²) in [6, 6.07) is 5.33. The molecule has 1 aliphatic heterocycles. The van der Waals surface area contributed by atoms with Crippen LogP contribution < -0.4 is 15.6 Å². The Morgan fingerprint density at radius 1 is 1.26 bits per heavy atom. The molecule has 1 saturated carbocycles. The van der Waals surface area contributed by atoms with E-state index in [9.17, 15) is 19.5 Å². The number of carbonyl (C=O) groups is 2. The van der Waals surface area contributed by atoms with Crippen molar-refractivity contribution in [2.75, 3.05) is 25.1 Å². The summed E-state index contributed by atoms with van der Waals surface area (Å²) in [6.45, 7) is 0.611. The van der Waals surface area contributed by atoms with Gasteiger partial charge in [0, 0.05) is 19.0 Å². The van der Waals surface area contributed by atoms with Gasteiger partial charge in [0.15, 0.2) is 0 Å². The summed E-state index contributed by atoms with van der Waals surface area (Å²) in [7, 11) is 0. The first-order valence-electron chi connectivity index (χ1n) is 10.9. The Labute approximate surface area is 180 Å². The van der Waals surface area contributed by atoms with E-state index in [2.05, 4.69) is 10.3 Å². The number of benzene rings is 1. The highest BCUT2D eigenvalue weighted by Gasteiger charge is 2.25. The standard InChI is InChI=1S/C22H28N4O5/c27-12-11-25(15-6-2-1-3-7-15)19(29)10-5-13-31-17-9-4-8-16-20(17)24-22-23-18(28)14-26(22)21(16)30/h4,8-9,15,27H,1-3,5-7,10-14H2,(H,23,24,28). The fourth-order valence-corrected chi connectivity index (χ4v) is 4.44. The number of aliphatic hydroxyl groups excluding tert-OH is 1. The summed E-state index contributed by atoms with van der Waals surface area (Å²) < 4.78 is 7.17. The summed E-state index contributed by atoms with van der Waals surface area (Å²) >= 11 is 0. The van der Waals surface area contributed by atoms with E-state index in [1.807, 2.05) is 4.90 Å². The monoisotopic (exact) mass is 428 g/mol. The largest absolute Gasteiger partial charge is 0.491 e. The van der Waals surface area contributed by atoms with Gasteiger partial charge in [0.2, 0.25) is 17.8 Å². The predicted octanol–water partition coefficient (Wildman–Crippen LogP) is 1.66. The average Bonchev–Trinajstić information content (AvgIpc) is 3.16. The second kappa shape index (κ2) is 9.47. The molecule has 166 valence electrons. The molecular formula is C22H28N4O5. The molecule has 2 aromatic rings. The van der Waals surface area contributed by atoms with Gasteiger partial charge in [-0.1, -0.05) is 25.3 Å². The number of anilines is 1. The molecule has 9 nitrogen and oxygen atoms in total. The molecule has 1 aromatic heterocycles. The zero-order valence-corrected chi connectivity index (χ0v) is 17.5. The Morgan fingerprint density at radius 3 is 2.84 bits per heavy atom. The normalized spacial score (nSPS) is 16.2. The molecule has 0 saturated heterocycles. The summed E-state index contributed by atoms with van der Waals surface area (Å²) in [6.07, 6.45) is 6.32. The van der Waals surface area contributed by atoms with Gasteiger partial charge in [0.25, 0.3) is 5.56 Å². The van der Waals surface area contributed by atoms with Gasteiger partial charge in [-0.3, -0.25) is 24.3 Å². The van der Waals surface area contributed by atoms with Crippen LogP contribution in [0.15, 0.2) is 23.0 Å². The quantitative estimate of drug-likeness (QED) is 0.618. The number of nitrogens with one attached hydrogen (secondary N) is 1. The van der Waals surface area contributed by atoms with E-state index in [1.165, 1.54) is 11.0 Å². The van der Waals surface area contributed by atoms with E-state index >= 15 is 0 Å². The molecule has 2 heterocycles. The first-order chi connectivity index (χ1) is 15.1. The molecule has 2 aliphatic rings. The number of carbonyl (C=O) groups excluding carboxylic acids is 2. The second-order valence-electron chi connectivity index (χ2n) is 8.08. The third kappa shape index (κ3) is 4.56. The van der Waals surface area contributed by atoms with Crippen molar-refractivity contribution in [2.24, 2.45) is 0 Å². The summed E-state index contributed by atoms with van der Waals surface area (Å²) in [5.41, 5.74) is 0.113. The number of fused-ring (bicyclic) bond motifs is 2. The van der Waals surface area contributed by atoms with Crippen LogP contribution in [0.5, 0.6) is 5.75 Å². The maximum Gasteiger partial charge on any atom is 0.263 e. The lowest BCUT2D eigenvalue weighted by Crippen LogP contribution is -2.43. The Balaban J connectivity index is 1.39. The molecule has 0 unspecified atom stereocenters. The second-order valence-corrected chi connectivity index (χ2v) is 8.08. The molecule has 1 aromatic carbocycles. The predicted molar refractivity (Wildman–Crippen MR) is 115 cm³/mol. The van der Waals surface area contributed by atoms with Gasteiger partial charge in [0.1, 0.15) is 17.8 Å². The van der Waals surface area contributed by atoms with Gasteiger partial charge in [-0.15, -0.1) is 0 Å². The van der Waals surface area contributed by atoms with E-state index in [4.69, 9.17) is 4.74 Å². The highest BCUT2D eigenvalue weighted by atomic mass is 16.5. The van der Waals surface area contributed by atoms with Gasteiger partial charge >= 0.3 is 0 Å². The maximum atomic E-state index is 12.7. The van der Waals surface area contributed by atoms with Crippen LogP contribution in [0.3, 0.4) is 0 Å². The van der Waals surface area contributed by atoms with Crippen LogP contribution in [0.4, 0.5) is 5.95 Å². The number of rotatable bonds is 8. The molecule has 1 aliphatic carbocycles. The van der Waals surface area contributed by atoms with E-state index in [1.54, 1.807) is 18.2 Å². The van der Waals surface area contributed by atoms with Gasteiger partial charge in [-0.05, 0) is 31.4 Å². The smallest absolute Gasteiger partial charge is 0.263 e. The zero-order valence-electron chi connectivity index (χ0n) is 17.5. The molecule has 1 fully saturated rings. The van der Waals surface area contributed by atoms with Crippen molar-refractivity contribution in [3.63, 3.8) is 0 Å². The van der Waals surface area contributed by atoms with Crippen LogP contribution in [-0.2, 0) is 16.1 Å². The van der Waals surface area contributed by atoms with E-state index in [-0.39, 0.29) is 42.5 Å². The minimum atomic E-state index is -0.286. The highest BCUT2D eigenvalue weighted by molar-refractivity contribution is 5.95. The van der Waals surface area contributed by atoms with Crippen molar-refractivity contribution in [1.82, 2.24) is 14.5 Å². The van der Waals surface area contributed by atoms with E-state index in [0.29, 0.717) is 42.6 Å². The molecular weight excluding hydrogens is 400 g/mol. The molecule has 2 amide bonds. The minimum absolute atomic E-state index is 0.0309. The Morgan fingerprint density at radius 2 is 2.06 bits per heavy atom. The van der Waals surface area contributed by atoms with Crippen molar-refractivity contribution < 1.29 is 19.4 Å². The molecule has 0 spiro atoms. The number of aliphatic hydroxyl groups is 1. The van der Waals surface area contributed by atoms with Crippen molar-refractivity contribution in [3.8, 4) is 5.75 Å². The fourth-order valence-electron chi connectivity index (χ4n) is 4.44. The Bertz CT molecular complexity index is 1030. The van der Waals surface area contributed by atoms with E-state index in [0.717, 1.165) is 25.7 Å². The fraction of sp³-hybridized carbons (Fsp3) is 0.545. The zero-order chi connectivity index (χ0) is 21.8. The van der Waals surface area contributed by atoms with Crippen LogP contribution in [0.1, 0.15) is 44.9 Å². The van der Waals surface area contributed by atoms with Crippen molar-refractivity contribution in [2.45, 2.75) is 57.5 Å². The number of nitrogens with zero attached hydrogens (tertiary/aromatic N) is 3. The van der Waals surface area contributed by atoms with Crippen LogP contribution >= 0.6 is 0 Å². The number of amides is 2. The SMILES string of the molecule is O=C1Cn2c(nc3c(OCCCC(=O)N(CCO)C4CCCCC4)cccc3c2=O)N1.